The van der Waals surface area contributed by atoms with Gasteiger partial charge >= 0.3 is 0 Å². The molecule has 100 valence electrons. The normalized spacial score (nSPS) is 10.7. The summed E-state index contributed by atoms with van der Waals surface area (Å²) in [4.78, 5) is 17.4. The third-order valence-corrected chi connectivity index (χ3v) is 3.44. The van der Waals surface area contributed by atoms with Crippen LogP contribution in [0, 0.1) is 0 Å². The van der Waals surface area contributed by atoms with Gasteiger partial charge < -0.3 is 9.88 Å². The predicted octanol–water partition coefficient (Wildman–Crippen LogP) is 3.97. The van der Waals surface area contributed by atoms with Gasteiger partial charge in [-0.2, -0.15) is 0 Å². The maximum Gasteiger partial charge on any atom is 0.270 e. The number of likely N-dealkylation sites (N-methyl/N-ethyl adjacent to an activating group) is 1. The summed E-state index contributed by atoms with van der Waals surface area (Å²) in [6, 6.07) is 7.82. The zero-order chi connectivity index (χ0) is 14.0. The van der Waals surface area contributed by atoms with Crippen LogP contribution in [0.4, 0.5) is 0 Å². The first-order valence-corrected chi connectivity index (χ1v) is 7.02. The lowest BCUT2D eigenvalue weighted by Crippen LogP contribution is -2.32. The van der Waals surface area contributed by atoms with Gasteiger partial charge in [-0.25, -0.2) is 0 Å². The molecule has 0 aliphatic rings. The Bertz CT molecular complexity index is 630. The molecular weight excluding hydrogens is 304 g/mol. The van der Waals surface area contributed by atoms with Gasteiger partial charge in [0, 0.05) is 28.5 Å². The Kier molecular flexibility index (Phi) is 4.10. The van der Waals surface area contributed by atoms with Gasteiger partial charge in [0.1, 0.15) is 5.69 Å². The number of hydrogen-bond donors (Lipinski definition) is 1. The van der Waals surface area contributed by atoms with Gasteiger partial charge in [0.2, 0.25) is 0 Å². The van der Waals surface area contributed by atoms with E-state index in [0.717, 1.165) is 20.9 Å². The van der Waals surface area contributed by atoms with Crippen molar-refractivity contribution in [2.45, 2.75) is 13.8 Å². The van der Waals surface area contributed by atoms with Gasteiger partial charge in [-0.05, 0) is 32.0 Å². The lowest BCUT2D eigenvalue weighted by molar-refractivity contribution is 0.0773. The SMILES string of the molecule is C=C(C)CN(CC)C(=O)c1cc2ccc(Br)cc2[nH]1. The van der Waals surface area contributed by atoms with Crippen LogP contribution in [0.2, 0.25) is 0 Å². The van der Waals surface area contributed by atoms with E-state index in [0.29, 0.717) is 18.8 Å². The van der Waals surface area contributed by atoms with Gasteiger partial charge in [0.15, 0.2) is 0 Å². The summed E-state index contributed by atoms with van der Waals surface area (Å²) in [6.07, 6.45) is 0. The largest absolute Gasteiger partial charge is 0.350 e. The second kappa shape index (κ2) is 5.61. The minimum atomic E-state index is 0.0119. The summed E-state index contributed by atoms with van der Waals surface area (Å²) < 4.78 is 0.995. The molecule has 1 amide bonds. The molecule has 1 aromatic heterocycles. The smallest absolute Gasteiger partial charge is 0.270 e. The molecule has 0 bridgehead atoms. The molecule has 4 heteroatoms. The summed E-state index contributed by atoms with van der Waals surface area (Å²) >= 11 is 3.43. The number of hydrogen-bond acceptors (Lipinski definition) is 1. The minimum absolute atomic E-state index is 0.0119. The molecule has 0 spiro atoms. The van der Waals surface area contributed by atoms with Crippen molar-refractivity contribution in [3.8, 4) is 0 Å². The van der Waals surface area contributed by atoms with Crippen molar-refractivity contribution in [2.24, 2.45) is 0 Å². The van der Waals surface area contributed by atoms with Crippen LogP contribution in [0.5, 0.6) is 0 Å². The highest BCUT2D eigenvalue weighted by Crippen LogP contribution is 2.21. The first-order valence-electron chi connectivity index (χ1n) is 6.23. The van der Waals surface area contributed by atoms with E-state index in [1.54, 1.807) is 4.90 Å². The first kappa shape index (κ1) is 13.9. The zero-order valence-corrected chi connectivity index (χ0v) is 12.8. The Balaban J connectivity index is 2.32. The van der Waals surface area contributed by atoms with Crippen LogP contribution in [-0.2, 0) is 0 Å². The summed E-state index contributed by atoms with van der Waals surface area (Å²) in [7, 11) is 0. The highest BCUT2D eigenvalue weighted by Gasteiger charge is 2.16. The average Bonchev–Trinajstić information content (AvgIpc) is 2.77. The number of nitrogens with one attached hydrogen (secondary N) is 1. The Labute approximate surface area is 121 Å². The van der Waals surface area contributed by atoms with E-state index in [1.165, 1.54) is 0 Å². The number of carbonyl (C=O) groups is 1. The number of halogens is 1. The second-order valence-corrected chi connectivity index (χ2v) is 5.61. The van der Waals surface area contributed by atoms with E-state index in [4.69, 9.17) is 0 Å². The van der Waals surface area contributed by atoms with E-state index in [-0.39, 0.29) is 5.91 Å². The lowest BCUT2D eigenvalue weighted by Gasteiger charge is -2.20. The number of carbonyl (C=O) groups excluding carboxylic acids is 1. The monoisotopic (exact) mass is 320 g/mol. The van der Waals surface area contributed by atoms with E-state index < -0.39 is 0 Å². The molecule has 0 saturated carbocycles. The molecule has 1 heterocycles. The van der Waals surface area contributed by atoms with E-state index in [9.17, 15) is 4.79 Å². The molecule has 0 fully saturated rings. The molecule has 0 radical (unpaired) electrons. The number of aromatic nitrogens is 1. The van der Waals surface area contributed by atoms with Crippen LogP contribution in [0.1, 0.15) is 24.3 Å². The van der Waals surface area contributed by atoms with Crippen LogP contribution in [0.3, 0.4) is 0 Å². The third-order valence-electron chi connectivity index (χ3n) is 2.94. The molecule has 0 aliphatic heterocycles. The first-order chi connectivity index (χ1) is 9.01. The maximum atomic E-state index is 12.4. The predicted molar refractivity (Wildman–Crippen MR) is 82.4 cm³/mol. The molecule has 2 aromatic rings. The minimum Gasteiger partial charge on any atom is -0.350 e. The number of aromatic amines is 1. The van der Waals surface area contributed by atoms with Gasteiger partial charge in [-0.15, -0.1) is 0 Å². The molecule has 0 saturated heterocycles. The Hall–Kier alpha value is -1.55. The highest BCUT2D eigenvalue weighted by atomic mass is 79.9. The standard InChI is InChI=1S/C15H17BrN2O/c1-4-18(9-10(2)3)15(19)14-7-11-5-6-12(16)8-13(11)17-14/h5-8,17H,2,4,9H2,1,3H3. The molecule has 0 unspecified atom stereocenters. The van der Waals surface area contributed by atoms with Crippen molar-refractivity contribution >= 4 is 32.7 Å². The Morgan fingerprint density at radius 3 is 2.79 bits per heavy atom. The lowest BCUT2D eigenvalue weighted by atomic mass is 10.2. The summed E-state index contributed by atoms with van der Waals surface area (Å²) in [5.74, 6) is 0.0119. The quantitative estimate of drug-likeness (QED) is 0.850. The molecule has 19 heavy (non-hydrogen) atoms. The second-order valence-electron chi connectivity index (χ2n) is 4.69. The van der Waals surface area contributed by atoms with Crippen molar-refractivity contribution in [1.82, 2.24) is 9.88 Å². The van der Waals surface area contributed by atoms with Crippen LogP contribution in [0.15, 0.2) is 40.9 Å². The molecule has 0 atom stereocenters. The van der Waals surface area contributed by atoms with Crippen molar-refractivity contribution in [1.29, 1.82) is 0 Å². The molecular formula is C15H17BrN2O. The number of amides is 1. The summed E-state index contributed by atoms with van der Waals surface area (Å²) in [5, 5.41) is 1.04. The highest BCUT2D eigenvalue weighted by molar-refractivity contribution is 9.10. The number of benzene rings is 1. The van der Waals surface area contributed by atoms with Crippen molar-refractivity contribution in [3.63, 3.8) is 0 Å². The van der Waals surface area contributed by atoms with Gasteiger partial charge in [-0.3, -0.25) is 4.79 Å². The Morgan fingerprint density at radius 1 is 1.42 bits per heavy atom. The van der Waals surface area contributed by atoms with Crippen LogP contribution >= 0.6 is 15.9 Å². The van der Waals surface area contributed by atoms with Crippen molar-refractivity contribution in [2.75, 3.05) is 13.1 Å². The number of fused-ring (bicyclic) bond motifs is 1. The number of nitrogens with zero attached hydrogens (tertiary/aromatic N) is 1. The third kappa shape index (κ3) is 3.07. The fourth-order valence-electron chi connectivity index (χ4n) is 2.04. The summed E-state index contributed by atoms with van der Waals surface area (Å²) in [6.45, 7) is 9.03. The van der Waals surface area contributed by atoms with E-state index >= 15 is 0 Å². The van der Waals surface area contributed by atoms with Gasteiger partial charge in [0.25, 0.3) is 5.91 Å². The van der Waals surface area contributed by atoms with Crippen molar-refractivity contribution < 1.29 is 4.79 Å². The molecule has 1 aromatic carbocycles. The van der Waals surface area contributed by atoms with Gasteiger partial charge in [0.05, 0.1) is 0 Å². The fraction of sp³-hybridized carbons (Fsp3) is 0.267. The topological polar surface area (TPSA) is 36.1 Å². The van der Waals surface area contributed by atoms with Crippen LogP contribution in [0.25, 0.3) is 10.9 Å². The maximum absolute atomic E-state index is 12.4. The Morgan fingerprint density at radius 2 is 2.16 bits per heavy atom. The fourth-order valence-corrected chi connectivity index (χ4v) is 2.40. The number of rotatable bonds is 4. The molecule has 1 N–H and O–H groups in total. The summed E-state index contributed by atoms with van der Waals surface area (Å²) in [5.41, 5.74) is 2.56. The van der Waals surface area contributed by atoms with Crippen LogP contribution < -0.4 is 0 Å². The van der Waals surface area contributed by atoms with Crippen molar-refractivity contribution in [3.05, 3.63) is 46.6 Å². The molecule has 2 rings (SSSR count). The van der Waals surface area contributed by atoms with E-state index in [1.807, 2.05) is 38.1 Å². The van der Waals surface area contributed by atoms with E-state index in [2.05, 4.69) is 27.5 Å². The van der Waals surface area contributed by atoms with Gasteiger partial charge in [-0.1, -0.05) is 34.1 Å². The van der Waals surface area contributed by atoms with Crippen LogP contribution in [-0.4, -0.2) is 28.9 Å². The number of H-pyrrole nitrogens is 1. The molecule has 0 aliphatic carbocycles. The molecule has 3 nitrogen and oxygen atoms in total. The average molecular weight is 321 g/mol. The zero-order valence-electron chi connectivity index (χ0n) is 11.2.